The maximum absolute atomic E-state index is 14.6. The van der Waals surface area contributed by atoms with Crippen molar-refractivity contribution in [1.82, 2.24) is 8.61 Å². The zero-order chi connectivity index (χ0) is 59.0. The van der Waals surface area contributed by atoms with Crippen molar-refractivity contribution < 1.29 is 191 Å². The molecule has 2 unspecified atom stereocenters. The summed E-state index contributed by atoms with van der Waals surface area (Å²) in [5.41, 5.74) is 0. The van der Waals surface area contributed by atoms with Crippen LogP contribution >= 0.6 is 8.17 Å². The Morgan fingerprint density at radius 3 is 0.986 bits per heavy atom. The third kappa shape index (κ3) is 9.91. The molecule has 0 heterocycles. The van der Waals surface area contributed by atoms with Gasteiger partial charge in [-0.25, -0.2) is 8.42 Å². The molecule has 0 rings (SSSR count). The molecule has 433 valence electrons. The Labute approximate surface area is 375 Å². The zero-order valence-corrected chi connectivity index (χ0v) is 35.8. The van der Waals surface area contributed by atoms with Gasteiger partial charge in [-0.05, 0) is 15.8 Å². The molecule has 0 spiro atoms. The lowest BCUT2D eigenvalue weighted by molar-refractivity contribution is -0.656. The summed E-state index contributed by atoms with van der Waals surface area (Å²) in [5.74, 6) is -106. The number of sulfonamides is 2. The van der Waals surface area contributed by atoms with Crippen molar-refractivity contribution in [2.24, 2.45) is 0 Å². The van der Waals surface area contributed by atoms with Crippen LogP contribution in [0.5, 0.6) is 0 Å². The fourth-order valence-electron chi connectivity index (χ4n) is 4.46. The highest BCUT2D eigenvalue weighted by Crippen LogP contribution is 2.67. The summed E-state index contributed by atoms with van der Waals surface area (Å²) < 4.78 is 521. The van der Waals surface area contributed by atoms with Gasteiger partial charge in [-0.2, -0.15) is 160 Å². The third-order valence-electron chi connectivity index (χ3n) is 8.76. The van der Waals surface area contributed by atoms with Crippen LogP contribution in [0, 0.1) is 0 Å². The van der Waals surface area contributed by atoms with E-state index in [1.807, 2.05) is 0 Å². The van der Waals surface area contributed by atoms with Gasteiger partial charge >= 0.3 is 113 Å². The quantitative estimate of drug-likeness (QED) is 0.0373. The average Bonchev–Trinajstić information content (AvgIpc) is 3.18. The highest BCUT2D eigenvalue weighted by atomic mass is 32.3. The first-order valence-electron chi connectivity index (χ1n) is 16.6. The Kier molecular flexibility index (Phi) is 19.1. The van der Waals surface area contributed by atoms with Crippen LogP contribution in [0.4, 0.5) is 149 Å². The molecule has 0 aliphatic rings. The first-order chi connectivity index (χ1) is 30.9. The van der Waals surface area contributed by atoms with E-state index in [2.05, 4.69) is 19.6 Å². The van der Waals surface area contributed by atoms with Crippen molar-refractivity contribution in [3.8, 4) is 0 Å². The lowest BCUT2D eigenvalue weighted by Gasteiger charge is -2.43. The average molecular weight is 1220 g/mol. The second kappa shape index (κ2) is 19.7. The number of hydrogen-bond acceptors (Lipinski definition) is 7. The van der Waals surface area contributed by atoms with Gasteiger partial charge in [0, 0.05) is 19.6 Å². The minimum Gasteiger partial charge on any atom is -0.601 e. The third-order valence-corrected chi connectivity index (χ3v) is 14.1. The number of hydrogen-bond donors (Lipinski definition) is 1. The normalized spacial score (nSPS) is 18.0. The lowest BCUT2D eigenvalue weighted by atomic mass is 9.91. The van der Waals surface area contributed by atoms with Gasteiger partial charge in [0.05, 0.1) is 11.1 Å². The fourth-order valence-corrected chi connectivity index (χ4v) is 8.16. The fraction of sp³-hybridized carbons (Fsp3) is 1.00. The number of halogens is 34. The van der Waals surface area contributed by atoms with E-state index in [-0.39, 0.29) is 13.8 Å². The molecule has 72 heavy (non-hydrogen) atoms. The van der Waals surface area contributed by atoms with Crippen LogP contribution in [-0.2, 0) is 42.9 Å². The van der Waals surface area contributed by atoms with E-state index in [9.17, 15) is 171 Å². The van der Waals surface area contributed by atoms with Crippen molar-refractivity contribution in [2.45, 2.75) is 108 Å². The van der Waals surface area contributed by atoms with Crippen LogP contribution in [0.25, 0.3) is 0 Å². The molecule has 0 saturated carbocycles. The number of alkyl halides is 34. The monoisotopic (exact) mass is 1220 g/mol. The molecule has 0 fully saturated rings. The number of rotatable bonds is 27. The highest BCUT2D eigenvalue weighted by Gasteiger charge is 2.99. The van der Waals surface area contributed by atoms with Crippen molar-refractivity contribution in [3.05, 3.63) is 0 Å². The standard InChI is InChI=1S/C24H21F34N3O8PS2/c1-3-60(71(63,64)23(55,56)19(45,46)15(37,38)11(29,30)9(25,26)13(33,34)17(41,42)21(49,50)51)5-7-67-70(62,69-59)68-8-6-61(4-2)72(65,66)24(57,58)20(47,48)16(39,40)12(31,32)10(27,28)14(35,36)18(43,44)22(52,53)54/h3-8H2,1-2,59H3/q+2. The van der Waals surface area contributed by atoms with Crippen molar-refractivity contribution in [2.75, 3.05) is 39.4 Å². The van der Waals surface area contributed by atoms with Crippen LogP contribution in [0.3, 0.4) is 0 Å². The van der Waals surface area contributed by atoms with Crippen LogP contribution in [0.2, 0.25) is 0 Å². The van der Waals surface area contributed by atoms with Gasteiger partial charge in [-0.3, -0.25) is 0 Å². The van der Waals surface area contributed by atoms with Gasteiger partial charge in [-0.1, -0.05) is 11.2 Å². The summed E-state index contributed by atoms with van der Waals surface area (Å²) in [6.45, 7) is -12.9. The minimum atomic E-state index is -9.26. The Morgan fingerprint density at radius 2 is 0.722 bits per heavy atom. The van der Waals surface area contributed by atoms with Crippen LogP contribution in [0.1, 0.15) is 13.8 Å². The predicted octanol–water partition coefficient (Wildman–Crippen LogP) is 8.90. The van der Waals surface area contributed by atoms with Crippen LogP contribution < -0.4 is 10.8 Å². The van der Waals surface area contributed by atoms with E-state index >= 15 is 0 Å². The smallest absolute Gasteiger partial charge is 0.535 e. The summed E-state index contributed by atoms with van der Waals surface area (Å²) in [6.07, 6.45) is -16.3. The molecule has 2 atom stereocenters. The molecule has 0 aliphatic heterocycles. The molecular weight excluding hydrogens is 1200 g/mol. The number of quaternary nitrogens is 1. The van der Waals surface area contributed by atoms with E-state index in [0.717, 1.165) is 0 Å². The van der Waals surface area contributed by atoms with Crippen molar-refractivity contribution >= 4 is 28.6 Å². The Morgan fingerprint density at radius 1 is 0.458 bits per heavy atom. The van der Waals surface area contributed by atoms with E-state index in [1.165, 1.54) is 0 Å². The van der Waals surface area contributed by atoms with E-state index in [4.69, 9.17) is 0 Å². The van der Waals surface area contributed by atoms with Gasteiger partial charge in [0.25, 0.3) is 10.0 Å². The second-order valence-corrected chi connectivity index (χ2v) is 18.8. The Bertz CT molecular complexity index is 2050. The molecule has 0 bridgehead atoms. The van der Waals surface area contributed by atoms with Crippen LogP contribution in [0.15, 0.2) is 0 Å². The highest BCUT2D eigenvalue weighted by molar-refractivity contribution is 7.96. The largest absolute Gasteiger partial charge is 0.601 e. The van der Waals surface area contributed by atoms with E-state index < -0.39 is 171 Å². The molecule has 0 amide bonds. The predicted molar refractivity (Wildman–Crippen MR) is 156 cm³/mol. The molecule has 3 N–H and O–H groups in total. The van der Waals surface area contributed by atoms with Crippen molar-refractivity contribution in [3.63, 3.8) is 0 Å². The Balaban J connectivity index is 6.72. The summed E-state index contributed by atoms with van der Waals surface area (Å²) in [6, 6.07) is 0. The van der Waals surface area contributed by atoms with Gasteiger partial charge in [0.2, 0.25) is 0 Å². The van der Waals surface area contributed by atoms with Gasteiger partial charge in [-0.15, -0.1) is 8.78 Å². The van der Waals surface area contributed by atoms with Gasteiger partial charge < -0.3 is 4.89 Å². The topological polar surface area (TPSA) is 156 Å². The van der Waals surface area contributed by atoms with Crippen LogP contribution in [-0.4, -0.2) is 150 Å². The summed E-state index contributed by atoms with van der Waals surface area (Å²) in [4.78, 5) is 12.6. The molecule has 0 aliphatic carbocycles. The summed E-state index contributed by atoms with van der Waals surface area (Å²) >= 11 is 0. The molecule has 0 aromatic carbocycles. The second-order valence-electron chi connectivity index (χ2n) is 13.2. The number of likely N-dealkylation sites (N-methyl/N-ethyl adjacent to an activating group) is 2. The van der Waals surface area contributed by atoms with Crippen molar-refractivity contribution in [1.29, 1.82) is 0 Å². The molecule has 11 nitrogen and oxygen atoms in total. The molecule has 0 aromatic heterocycles. The molecular formula is C24H21F34N3O8PS2+2. The van der Waals surface area contributed by atoms with Gasteiger partial charge in [0.15, 0.2) is 0 Å². The van der Waals surface area contributed by atoms with E-state index in [1.54, 1.807) is 0 Å². The first-order valence-corrected chi connectivity index (χ1v) is 21.0. The van der Waals surface area contributed by atoms with Gasteiger partial charge in [0.1, 0.15) is 13.2 Å². The Hall–Kier alpha value is -2.17. The number of phosphoric ester groups is 1. The number of phosphoric acid groups is 1. The minimum absolute atomic E-state index is 0.115. The first kappa shape index (κ1) is 69.8. The molecule has 1 radical (unpaired) electrons. The molecule has 0 saturated heterocycles. The SMILES string of the molecule is CCN(CCO[P+]([O-])(O[NH3+])OCCN(CC)[S+]([O])(=O)C(F)(F)C(F)(F)C(F)(F)C(F)(F)C(F)(F)C(F)(F)C(F)(F)C(F)(F)F)S(=O)(=O)C(F)(F)C(F)(F)C(F)(F)C(F)(F)C(F)(F)C(F)(F)C(F)(F)C(F)(F)F. The molecule has 48 heteroatoms. The number of nitrogens with zero attached hydrogens (tertiary/aromatic N) is 2. The maximum atomic E-state index is 14.6. The zero-order valence-electron chi connectivity index (χ0n) is 33.2. The maximum Gasteiger partial charge on any atom is 0.535 e. The van der Waals surface area contributed by atoms with E-state index in [0.29, 0.717) is 0 Å². The molecule has 0 aromatic rings. The lowest BCUT2D eigenvalue weighted by Crippen LogP contribution is -2.75. The summed E-state index contributed by atoms with van der Waals surface area (Å²) in [5, 5.41) is -16.4. The summed E-state index contributed by atoms with van der Waals surface area (Å²) in [7, 11) is -22.2.